The quantitative estimate of drug-likeness (QED) is 0.420. The maximum atomic E-state index is 12.7. The molecule has 1 aliphatic heterocycles. The number of allylic oxidation sites excluding steroid dienone is 2. The first kappa shape index (κ1) is 24.0. The zero-order valence-electron chi connectivity index (χ0n) is 19.7. The third-order valence-electron chi connectivity index (χ3n) is 5.73. The Bertz CT molecular complexity index is 1320. The van der Waals surface area contributed by atoms with Crippen molar-refractivity contribution in [3.63, 3.8) is 0 Å². The number of phenols is 1. The van der Waals surface area contributed by atoms with E-state index in [2.05, 4.69) is 15.6 Å². The number of carbonyl (C=O) groups excluding carboxylic acids is 2. The maximum Gasteiger partial charge on any atom is 0.336 e. The summed E-state index contributed by atoms with van der Waals surface area (Å²) in [4.78, 5) is 30.0. The number of methoxy groups -OCH3 is 2. The third kappa shape index (κ3) is 4.76. The largest absolute Gasteiger partial charge is 0.507 e. The molecule has 180 valence electrons. The Morgan fingerprint density at radius 2 is 1.66 bits per heavy atom. The SMILES string of the molecule is COC(=O)C1=C(C)NC(C)=C(C(=O)OC)C1c1cccc(Nc2nc(-c3ccccc3O)cs2)c1. The van der Waals surface area contributed by atoms with Gasteiger partial charge in [-0.25, -0.2) is 14.6 Å². The minimum atomic E-state index is -0.675. The summed E-state index contributed by atoms with van der Waals surface area (Å²) in [6.07, 6.45) is 0. The van der Waals surface area contributed by atoms with Gasteiger partial charge in [-0.15, -0.1) is 11.3 Å². The van der Waals surface area contributed by atoms with Gasteiger partial charge in [0.05, 0.1) is 37.0 Å². The smallest absolute Gasteiger partial charge is 0.336 e. The molecule has 0 saturated heterocycles. The maximum absolute atomic E-state index is 12.7. The number of para-hydroxylation sites is 1. The van der Waals surface area contributed by atoms with E-state index in [1.165, 1.54) is 25.6 Å². The molecule has 0 spiro atoms. The number of hydrogen-bond acceptors (Lipinski definition) is 9. The lowest BCUT2D eigenvalue weighted by Gasteiger charge is -2.30. The van der Waals surface area contributed by atoms with Crippen molar-refractivity contribution < 1.29 is 24.2 Å². The zero-order chi connectivity index (χ0) is 25.1. The number of aromatic hydroxyl groups is 1. The average molecular weight is 492 g/mol. The number of aromatic nitrogens is 1. The number of esters is 2. The number of benzene rings is 2. The van der Waals surface area contributed by atoms with Crippen molar-refractivity contribution in [2.45, 2.75) is 19.8 Å². The molecule has 1 aromatic heterocycles. The molecule has 0 saturated carbocycles. The van der Waals surface area contributed by atoms with E-state index in [-0.39, 0.29) is 5.75 Å². The van der Waals surface area contributed by atoms with Crippen molar-refractivity contribution in [3.05, 3.63) is 82.0 Å². The lowest BCUT2D eigenvalue weighted by atomic mass is 9.80. The van der Waals surface area contributed by atoms with Crippen LogP contribution in [0.3, 0.4) is 0 Å². The third-order valence-corrected chi connectivity index (χ3v) is 6.48. The minimum absolute atomic E-state index is 0.159. The van der Waals surface area contributed by atoms with E-state index in [0.29, 0.717) is 44.5 Å². The number of nitrogens with one attached hydrogen (secondary N) is 2. The Morgan fingerprint density at radius 3 is 2.29 bits per heavy atom. The normalized spacial score (nSPS) is 13.9. The van der Waals surface area contributed by atoms with Crippen LogP contribution in [-0.4, -0.2) is 36.2 Å². The van der Waals surface area contributed by atoms with Crippen LogP contribution in [0.1, 0.15) is 25.3 Å². The first-order valence-electron chi connectivity index (χ1n) is 10.8. The number of nitrogens with zero attached hydrogens (tertiary/aromatic N) is 1. The minimum Gasteiger partial charge on any atom is -0.507 e. The number of phenolic OH excluding ortho intramolecular Hbond substituents is 1. The van der Waals surface area contributed by atoms with Gasteiger partial charge in [0.25, 0.3) is 0 Å². The van der Waals surface area contributed by atoms with Gasteiger partial charge in [0.1, 0.15) is 5.75 Å². The van der Waals surface area contributed by atoms with Crippen LogP contribution in [0.5, 0.6) is 5.75 Å². The molecule has 0 atom stereocenters. The first-order valence-corrected chi connectivity index (χ1v) is 11.7. The molecule has 0 amide bonds. The van der Waals surface area contributed by atoms with Crippen LogP contribution in [0.15, 0.2) is 76.5 Å². The van der Waals surface area contributed by atoms with E-state index in [4.69, 9.17) is 9.47 Å². The molecule has 0 aliphatic carbocycles. The summed E-state index contributed by atoms with van der Waals surface area (Å²) < 4.78 is 10.1. The van der Waals surface area contributed by atoms with Gasteiger partial charge in [-0.2, -0.15) is 0 Å². The molecule has 2 heterocycles. The molecule has 0 bridgehead atoms. The van der Waals surface area contributed by atoms with Crippen molar-refractivity contribution in [1.82, 2.24) is 10.3 Å². The number of dihydropyridines is 1. The molecule has 3 N–H and O–H groups in total. The van der Waals surface area contributed by atoms with Crippen molar-refractivity contribution in [1.29, 1.82) is 0 Å². The fraction of sp³-hybridized carbons (Fsp3) is 0.192. The summed E-state index contributed by atoms with van der Waals surface area (Å²) in [7, 11) is 2.62. The zero-order valence-corrected chi connectivity index (χ0v) is 20.5. The molecule has 35 heavy (non-hydrogen) atoms. The molecule has 8 nitrogen and oxygen atoms in total. The van der Waals surface area contributed by atoms with Gasteiger partial charge in [-0.1, -0.05) is 24.3 Å². The van der Waals surface area contributed by atoms with Gasteiger partial charge < -0.3 is 25.2 Å². The van der Waals surface area contributed by atoms with E-state index in [1.54, 1.807) is 32.0 Å². The number of ether oxygens (including phenoxy) is 2. The second-order valence-electron chi connectivity index (χ2n) is 7.92. The van der Waals surface area contributed by atoms with Crippen molar-refractivity contribution in [2.75, 3.05) is 19.5 Å². The molecule has 0 unspecified atom stereocenters. The van der Waals surface area contributed by atoms with Crippen LogP contribution in [0.2, 0.25) is 0 Å². The van der Waals surface area contributed by atoms with E-state index in [0.717, 1.165) is 5.69 Å². The fourth-order valence-corrected chi connectivity index (χ4v) is 4.88. The number of thiazole rings is 1. The Morgan fingerprint density at radius 1 is 1.00 bits per heavy atom. The molecule has 4 rings (SSSR count). The van der Waals surface area contributed by atoms with Crippen molar-refractivity contribution in [3.8, 4) is 17.0 Å². The summed E-state index contributed by atoms with van der Waals surface area (Å²) in [5.41, 5.74) is 4.64. The summed E-state index contributed by atoms with van der Waals surface area (Å²) in [5.74, 6) is -1.57. The van der Waals surface area contributed by atoms with Crippen LogP contribution in [0.4, 0.5) is 10.8 Å². The first-order chi connectivity index (χ1) is 16.8. The van der Waals surface area contributed by atoms with Crippen LogP contribution >= 0.6 is 11.3 Å². The highest BCUT2D eigenvalue weighted by atomic mass is 32.1. The fourth-order valence-electron chi connectivity index (χ4n) is 4.15. The lowest BCUT2D eigenvalue weighted by molar-refractivity contribution is -0.137. The highest BCUT2D eigenvalue weighted by molar-refractivity contribution is 7.14. The van der Waals surface area contributed by atoms with Crippen LogP contribution in [0, 0.1) is 0 Å². The summed E-state index contributed by atoms with van der Waals surface area (Å²) >= 11 is 1.40. The van der Waals surface area contributed by atoms with Crippen LogP contribution in [0.25, 0.3) is 11.3 Å². The molecular formula is C26H25N3O5S. The Kier molecular flexibility index (Phi) is 6.88. The Hall–Kier alpha value is -4.11. The van der Waals surface area contributed by atoms with Crippen molar-refractivity contribution in [2.24, 2.45) is 0 Å². The van der Waals surface area contributed by atoms with E-state index < -0.39 is 17.9 Å². The highest BCUT2D eigenvalue weighted by Gasteiger charge is 2.37. The lowest BCUT2D eigenvalue weighted by Crippen LogP contribution is -2.32. The van der Waals surface area contributed by atoms with Gasteiger partial charge in [-0.3, -0.25) is 0 Å². The van der Waals surface area contributed by atoms with E-state index >= 15 is 0 Å². The molecular weight excluding hydrogens is 466 g/mol. The van der Waals surface area contributed by atoms with Gasteiger partial charge in [0.15, 0.2) is 5.13 Å². The molecule has 0 fully saturated rings. The van der Waals surface area contributed by atoms with Gasteiger partial charge >= 0.3 is 11.9 Å². The summed E-state index contributed by atoms with van der Waals surface area (Å²) in [5, 5.41) is 19.0. The average Bonchev–Trinajstić information content (AvgIpc) is 3.31. The Labute approximate surface area is 206 Å². The summed E-state index contributed by atoms with van der Waals surface area (Å²) in [6.45, 7) is 3.55. The molecule has 0 radical (unpaired) electrons. The molecule has 9 heteroatoms. The number of carbonyl (C=O) groups is 2. The second-order valence-corrected chi connectivity index (χ2v) is 8.78. The highest BCUT2D eigenvalue weighted by Crippen LogP contribution is 2.40. The number of hydrogen-bond donors (Lipinski definition) is 3. The van der Waals surface area contributed by atoms with Crippen LogP contribution in [-0.2, 0) is 19.1 Å². The Balaban J connectivity index is 1.71. The van der Waals surface area contributed by atoms with Gasteiger partial charge in [0.2, 0.25) is 0 Å². The summed E-state index contributed by atoms with van der Waals surface area (Å²) in [6, 6.07) is 14.4. The molecule has 3 aromatic rings. The van der Waals surface area contributed by atoms with Gasteiger partial charge in [-0.05, 0) is 43.7 Å². The number of rotatable bonds is 6. The van der Waals surface area contributed by atoms with E-state index in [9.17, 15) is 14.7 Å². The molecule has 1 aliphatic rings. The van der Waals surface area contributed by atoms with Gasteiger partial charge in [0, 0.05) is 28.0 Å². The topological polar surface area (TPSA) is 110 Å². The van der Waals surface area contributed by atoms with Crippen LogP contribution < -0.4 is 10.6 Å². The predicted molar refractivity (Wildman–Crippen MR) is 134 cm³/mol. The number of anilines is 2. The molecule has 2 aromatic carbocycles. The monoisotopic (exact) mass is 491 g/mol. The van der Waals surface area contributed by atoms with E-state index in [1.807, 2.05) is 35.7 Å². The predicted octanol–water partition coefficient (Wildman–Crippen LogP) is 4.84. The van der Waals surface area contributed by atoms with Crippen molar-refractivity contribution >= 4 is 34.1 Å². The standard InChI is InChI=1S/C26H25N3O5S/c1-14-21(24(31)33-3)23(22(15(2)27-14)25(32)34-4)16-8-7-9-17(12-16)28-26-29-19(13-35-26)18-10-5-6-11-20(18)30/h5-13,23,27,30H,1-4H3,(H,28,29). The second kappa shape index (κ2) is 10.0.